The zero-order valence-electron chi connectivity index (χ0n) is 68.2. The van der Waals surface area contributed by atoms with Crippen LogP contribution in [0.3, 0.4) is 0 Å². The summed E-state index contributed by atoms with van der Waals surface area (Å²) >= 11 is 0. The number of carbonyl (C=O) groups is 12. The summed E-state index contributed by atoms with van der Waals surface area (Å²) in [5, 5.41) is 59.5. The number of fused-ring (bicyclic) bond motifs is 2. The summed E-state index contributed by atoms with van der Waals surface area (Å²) in [5.41, 5.74) is 16.0. The largest absolute Gasteiger partial charge is 0.545 e. The van der Waals surface area contributed by atoms with E-state index in [9.17, 15) is 78.0 Å². The minimum Gasteiger partial charge on any atom is -0.545 e. The van der Waals surface area contributed by atoms with Crippen LogP contribution in [0.15, 0.2) is 72.8 Å². The molecule has 632 valence electrons. The fourth-order valence-corrected chi connectivity index (χ4v) is 19.7. The summed E-state index contributed by atoms with van der Waals surface area (Å²) in [7, 11) is 0. The third-order valence-corrected chi connectivity index (χ3v) is 26.2. The number of rotatable bonds is 14. The van der Waals surface area contributed by atoms with Gasteiger partial charge in [-0.1, -0.05) is 101 Å². The lowest BCUT2D eigenvalue weighted by Gasteiger charge is -2.35. The van der Waals surface area contributed by atoms with E-state index < -0.39 is 47.5 Å². The molecule has 118 heavy (non-hydrogen) atoms. The lowest BCUT2D eigenvalue weighted by molar-refractivity contribution is -0.417. The molecular formula is C92H118N10O16. The summed E-state index contributed by atoms with van der Waals surface area (Å²) in [6.45, 7) is 0. The van der Waals surface area contributed by atoms with Gasteiger partial charge in [0.15, 0.2) is 0 Å². The van der Waals surface area contributed by atoms with Gasteiger partial charge in [0, 0.05) is 135 Å². The molecule has 10 fully saturated rings. The first-order valence-corrected chi connectivity index (χ1v) is 43.8. The van der Waals surface area contributed by atoms with Crippen LogP contribution in [0.4, 0.5) is 0 Å². The Morgan fingerprint density at radius 1 is 0.237 bits per heavy atom. The Morgan fingerprint density at radius 2 is 0.398 bits per heavy atom. The molecule has 26 heteroatoms. The number of carbonyl (C=O) groups excluding carboxylic acids is 12. The van der Waals surface area contributed by atoms with Gasteiger partial charge < -0.3 is 83.8 Å². The summed E-state index contributed by atoms with van der Waals surface area (Å²) in [4.78, 5) is 156. The molecule has 0 aromatic heterocycles. The molecule has 0 spiro atoms. The first-order valence-electron chi connectivity index (χ1n) is 43.8. The van der Waals surface area contributed by atoms with Crippen molar-refractivity contribution in [3.8, 4) is 0 Å². The molecule has 2 aliphatic heterocycles. The average Bonchev–Trinajstić information content (AvgIpc) is 0.796. The van der Waals surface area contributed by atoms with Gasteiger partial charge in [-0.05, 0) is 228 Å². The molecule has 0 atom stereocenters. The third-order valence-electron chi connectivity index (χ3n) is 26.2. The van der Waals surface area contributed by atoms with Crippen molar-refractivity contribution in [2.45, 2.75) is 317 Å². The van der Waals surface area contributed by atoms with Gasteiger partial charge in [-0.25, -0.2) is 0 Å². The van der Waals surface area contributed by atoms with Crippen LogP contribution in [0.2, 0.25) is 0 Å². The zero-order valence-corrected chi connectivity index (χ0v) is 68.2. The zero-order chi connectivity index (χ0) is 83.8. The van der Waals surface area contributed by atoms with Crippen LogP contribution in [0.5, 0.6) is 0 Å². The summed E-state index contributed by atoms with van der Waals surface area (Å²) in [6, 6.07) is 19.4. The Balaban J connectivity index is 0.000000141. The van der Waals surface area contributed by atoms with Gasteiger partial charge in [-0.15, -0.1) is 0 Å². The summed E-state index contributed by atoms with van der Waals surface area (Å²) in [6.07, 6.45) is 44.3. The van der Waals surface area contributed by atoms with Gasteiger partial charge in [0.25, 0.3) is 47.3 Å². The number of benzene rings is 6. The first kappa shape index (κ1) is 87.3. The van der Waals surface area contributed by atoms with Crippen LogP contribution in [-0.4, -0.2) is 141 Å². The maximum atomic E-state index is 13.3. The molecular weight excluding hydrogens is 1500 g/mol. The number of nitrogens with one attached hydrogen (secondary N) is 4. The Kier molecular flexibility index (Phi) is 30.1. The van der Waals surface area contributed by atoms with Crippen LogP contribution >= 0.6 is 0 Å². The Labute approximate surface area is 688 Å². The molecule has 12 aliphatic rings. The minimum absolute atomic E-state index is 0.00776. The average molecular weight is 1620 g/mol. The van der Waals surface area contributed by atoms with Gasteiger partial charge in [0.1, 0.15) is 0 Å². The maximum Gasteiger partial charge on any atom is 0.261 e. The van der Waals surface area contributed by atoms with Crippen molar-refractivity contribution in [3.63, 3.8) is 0 Å². The number of carboxylic acids is 4. The van der Waals surface area contributed by atoms with Gasteiger partial charge >= 0.3 is 0 Å². The first-order chi connectivity index (χ1) is 56.9. The van der Waals surface area contributed by atoms with Crippen molar-refractivity contribution in [1.29, 1.82) is 0 Å². The molecule has 26 nitrogen and oxygen atoms in total. The fraction of sp³-hybridized carbons (Fsp3) is 0.543. The highest BCUT2D eigenvalue weighted by molar-refractivity contribution is 6.34. The molecule has 2 heterocycles. The molecule has 8 amide bonds. The SMILES string of the molecule is O=C([O-])c1ccc(C(=O)NC2CCCC2)c2c(C(=O)[O-])ccc(C(=O)NC3CCCC3)c12.O=C([O-])c1ccc(C(=O)[O-])c2c(C(=O)NC3CCCC3)ccc(C(=O)NC3CCCC3)c12.O=C1c2ccc3c4c(ccc(c24)C(=O)N1C1CCCC1)C(=O)N(C1CCCC1)C3=O.[NH3+]C1CCCC1.[NH3+]C1CCCC1.[NH3+]C1CCCC1.[NH3+]C1CCCC1. The summed E-state index contributed by atoms with van der Waals surface area (Å²) in [5.74, 6) is -9.53. The van der Waals surface area contributed by atoms with Crippen LogP contribution in [-0.2, 0) is 0 Å². The van der Waals surface area contributed by atoms with Crippen LogP contribution in [0.25, 0.3) is 32.3 Å². The monoisotopic (exact) mass is 1620 g/mol. The third kappa shape index (κ3) is 20.6. The Hall–Kier alpha value is -10.0. The lowest BCUT2D eigenvalue weighted by atomic mass is 9.85. The highest BCUT2D eigenvalue weighted by atomic mass is 16.4. The van der Waals surface area contributed by atoms with Gasteiger partial charge in [-0.3, -0.25) is 48.2 Å². The number of aromatic carboxylic acids is 4. The van der Waals surface area contributed by atoms with E-state index in [4.69, 9.17) is 0 Å². The number of hydrogen-bond donors (Lipinski definition) is 8. The number of nitrogens with zero attached hydrogens (tertiary/aromatic N) is 2. The molecule has 10 saturated carbocycles. The van der Waals surface area contributed by atoms with E-state index in [1.807, 2.05) is 0 Å². The lowest BCUT2D eigenvalue weighted by Crippen LogP contribution is -2.59. The van der Waals surface area contributed by atoms with E-state index in [1.165, 1.54) is 149 Å². The van der Waals surface area contributed by atoms with E-state index >= 15 is 0 Å². The van der Waals surface area contributed by atoms with Crippen molar-refractivity contribution in [2.75, 3.05) is 0 Å². The van der Waals surface area contributed by atoms with E-state index in [0.717, 1.165) is 190 Å². The quantitative estimate of drug-likeness (QED) is 0.0545. The van der Waals surface area contributed by atoms with Crippen molar-refractivity contribution in [2.24, 2.45) is 0 Å². The second kappa shape index (κ2) is 40.6. The molecule has 6 aromatic carbocycles. The van der Waals surface area contributed by atoms with Crippen LogP contribution < -0.4 is 64.6 Å². The molecule has 0 bridgehead atoms. The molecule has 0 saturated heterocycles. The standard InChI is InChI=1S/2C24H26N2O6.C24H22N2O4.4C5H11N/c27-21(25-13-5-1-2-6-13)15-9-11-18(24(31)32)20-16(10-12-17(19(15)20)23(29)30)22(28)26-14-7-3-4-8-14;27-21(25-13-5-1-2-6-13)15-9-10-16(22(28)26-14-7-3-4-8-14)20-18(24(31)32)12-11-17(19(15)20)23(29)30;27-21-15-9-11-17-20-18(24(30)26(23(17)29)14-7-3-4-8-14)12-10-16(19(15)20)22(28)25(21)13-5-1-2-6-13;4*6-5-3-1-2-4-5/h2*9-14H,1-8H2,(H,25,27)(H,26,28)(H,29,30)(H,31,32);9-14H,1-8H2;4*5H,1-4,6H2. The van der Waals surface area contributed by atoms with Gasteiger partial charge in [0.2, 0.25) is 0 Å². The molecule has 0 radical (unpaired) electrons. The van der Waals surface area contributed by atoms with Crippen LogP contribution in [0.1, 0.15) is 381 Å². The number of imide groups is 2. The molecule has 18 rings (SSSR count). The number of amides is 8. The van der Waals surface area contributed by atoms with Crippen molar-refractivity contribution in [3.05, 3.63) is 140 Å². The smallest absolute Gasteiger partial charge is 0.261 e. The van der Waals surface area contributed by atoms with Crippen molar-refractivity contribution in [1.82, 2.24) is 31.1 Å². The van der Waals surface area contributed by atoms with E-state index in [-0.39, 0.29) is 126 Å². The fourth-order valence-electron chi connectivity index (χ4n) is 19.7. The number of hydrogen-bond acceptors (Lipinski definition) is 16. The van der Waals surface area contributed by atoms with Crippen molar-refractivity contribution >= 4 is 103 Å². The topological polar surface area (TPSA) is 462 Å². The summed E-state index contributed by atoms with van der Waals surface area (Å²) < 4.78 is 0. The van der Waals surface area contributed by atoms with Gasteiger partial charge in [-0.2, -0.15) is 0 Å². The minimum atomic E-state index is -1.57. The van der Waals surface area contributed by atoms with E-state index in [2.05, 4.69) is 44.2 Å². The maximum absolute atomic E-state index is 13.3. The van der Waals surface area contributed by atoms with Gasteiger partial charge in [0.05, 0.1) is 48.0 Å². The van der Waals surface area contributed by atoms with Crippen molar-refractivity contribution < 1.29 is 101 Å². The van der Waals surface area contributed by atoms with E-state index in [0.29, 0.717) is 33.0 Å². The second-order valence-electron chi connectivity index (χ2n) is 34.6. The predicted molar refractivity (Wildman–Crippen MR) is 434 cm³/mol. The number of carboxylic acid groups (broad SMARTS) is 4. The highest BCUT2D eigenvalue weighted by Gasteiger charge is 2.44. The molecule has 0 unspecified atom stereocenters. The Bertz CT molecular complexity index is 4220. The molecule has 6 aromatic rings. The highest BCUT2D eigenvalue weighted by Crippen LogP contribution is 2.42. The molecule has 16 N–H and O–H groups in total. The predicted octanol–water partition coefficient (Wildman–Crippen LogP) is 6.42. The van der Waals surface area contributed by atoms with E-state index in [1.54, 1.807) is 24.3 Å². The Morgan fingerprint density at radius 3 is 0.559 bits per heavy atom. The normalized spacial score (nSPS) is 20.0. The molecule has 10 aliphatic carbocycles. The van der Waals surface area contributed by atoms with Crippen LogP contribution in [0, 0.1) is 0 Å². The second-order valence-corrected chi connectivity index (χ2v) is 34.6. The number of quaternary nitrogens is 4.